The fourth-order valence-corrected chi connectivity index (χ4v) is 0.824. The molecule has 4 N–H and O–H groups in total. The lowest BCUT2D eigenvalue weighted by Gasteiger charge is -1.97. The van der Waals surface area contributed by atoms with Gasteiger partial charge in [0.2, 0.25) is 0 Å². The Labute approximate surface area is 48.0 Å². The molecule has 0 rings (SSSR count). The molecule has 3 nitrogen and oxygen atoms in total. The summed E-state index contributed by atoms with van der Waals surface area (Å²) in [6.07, 6.45) is 1.53. The average Bonchev–Trinajstić information content (AvgIpc) is 1.30. The second-order valence-corrected chi connectivity index (χ2v) is 4.38. The van der Waals surface area contributed by atoms with E-state index in [2.05, 4.69) is 16.6 Å². The first-order valence-corrected chi connectivity index (χ1v) is 4.63. The van der Waals surface area contributed by atoms with Crippen molar-refractivity contribution in [2.45, 2.75) is 6.92 Å². The fourth-order valence-electron chi connectivity index (χ4n) is 0.180. The normalized spacial score (nSPS) is 13.0. The molecule has 0 aromatic rings. The molecule has 0 fully saturated rings. The molecule has 0 spiro atoms. The van der Waals surface area contributed by atoms with E-state index in [-0.39, 0.29) is 0 Å². The van der Waals surface area contributed by atoms with Crippen molar-refractivity contribution < 1.29 is 0 Å². The summed E-state index contributed by atoms with van der Waals surface area (Å²) in [5.41, 5.74) is 10.3. The highest BCUT2D eigenvalue weighted by Gasteiger charge is 1.91. The molecule has 0 bridgehead atoms. The Bertz CT molecular complexity index is 114. The third-order valence-electron chi connectivity index (χ3n) is 0.296. The summed E-state index contributed by atoms with van der Waals surface area (Å²) < 4.78 is 3.61. The molecule has 0 radical (unpaired) electrons. The van der Waals surface area contributed by atoms with Crippen LogP contribution in [-0.4, -0.2) is 6.21 Å². The summed E-state index contributed by atoms with van der Waals surface area (Å²) in [4.78, 5) is 0. The molecule has 0 aliphatic carbocycles. The van der Waals surface area contributed by atoms with Gasteiger partial charge in [0.25, 0.3) is 0 Å². The van der Waals surface area contributed by atoms with Crippen LogP contribution in [0.1, 0.15) is 6.92 Å². The van der Waals surface area contributed by atoms with Crippen LogP contribution >= 0.6 is 6.49 Å². The largest absolute Gasteiger partial charge is 0.274 e. The zero-order valence-electron chi connectivity index (χ0n) is 4.03. The maximum atomic E-state index is 5.15. The van der Waals surface area contributed by atoms with Crippen LogP contribution in [0.3, 0.4) is 0 Å². The molecule has 0 atom stereocenters. The van der Waals surface area contributed by atoms with E-state index in [1.54, 1.807) is 6.92 Å². The lowest BCUT2D eigenvalue weighted by Crippen LogP contribution is -2.00. The fraction of sp³-hybridized carbons (Fsp3) is 0.500. The standard InChI is InChI=1S/C2H8N3PS/c1-2-5-6(3,4)7/h2H,1H3,(H4,3,4,7). The van der Waals surface area contributed by atoms with Crippen LogP contribution in [0.25, 0.3) is 0 Å². The molecule has 0 saturated heterocycles. The minimum Gasteiger partial charge on any atom is -0.274 e. The highest BCUT2D eigenvalue weighted by atomic mass is 32.4. The predicted molar refractivity (Wildman–Crippen MR) is 36.8 cm³/mol. The Balaban J connectivity index is 3.82. The Hall–Kier alpha value is 0.240. The van der Waals surface area contributed by atoms with E-state index in [1.165, 1.54) is 6.21 Å². The lowest BCUT2D eigenvalue weighted by molar-refractivity contribution is 1.66. The molecule has 42 valence electrons. The van der Waals surface area contributed by atoms with Crippen LogP contribution in [0.4, 0.5) is 0 Å². The summed E-state index contributed by atoms with van der Waals surface area (Å²) in [7, 11) is 0. The molecule has 0 amide bonds. The maximum absolute atomic E-state index is 5.15. The molecule has 0 unspecified atom stereocenters. The zero-order valence-corrected chi connectivity index (χ0v) is 5.75. The van der Waals surface area contributed by atoms with Crippen LogP contribution in [0, 0.1) is 0 Å². The smallest absolute Gasteiger partial charge is 0.177 e. The van der Waals surface area contributed by atoms with Gasteiger partial charge in [-0.15, -0.1) is 0 Å². The van der Waals surface area contributed by atoms with Crippen molar-refractivity contribution in [2.75, 3.05) is 0 Å². The van der Waals surface area contributed by atoms with Crippen molar-refractivity contribution in [2.24, 2.45) is 15.8 Å². The first-order chi connectivity index (χ1) is 3.06. The van der Waals surface area contributed by atoms with Gasteiger partial charge in [-0.3, -0.25) is 11.0 Å². The van der Waals surface area contributed by atoms with Gasteiger partial charge in [-0.05, 0) is 18.7 Å². The van der Waals surface area contributed by atoms with E-state index in [4.69, 9.17) is 11.0 Å². The van der Waals surface area contributed by atoms with Gasteiger partial charge in [0, 0.05) is 6.21 Å². The van der Waals surface area contributed by atoms with Gasteiger partial charge in [-0.2, -0.15) is 0 Å². The number of rotatable bonds is 1. The van der Waals surface area contributed by atoms with E-state index in [0.717, 1.165) is 0 Å². The molecule has 0 aliphatic rings. The number of hydrogen-bond donors (Lipinski definition) is 2. The van der Waals surface area contributed by atoms with Gasteiger partial charge in [0.1, 0.15) is 0 Å². The van der Waals surface area contributed by atoms with Crippen LogP contribution in [0.2, 0.25) is 0 Å². The molecule has 7 heavy (non-hydrogen) atoms. The van der Waals surface area contributed by atoms with Gasteiger partial charge in [0.05, 0.1) is 0 Å². The van der Waals surface area contributed by atoms with Crippen LogP contribution < -0.4 is 11.0 Å². The maximum Gasteiger partial charge on any atom is 0.177 e. The van der Waals surface area contributed by atoms with Crippen molar-refractivity contribution in [3.63, 3.8) is 0 Å². The van der Waals surface area contributed by atoms with Crippen molar-refractivity contribution in [3.05, 3.63) is 0 Å². The third-order valence-corrected chi connectivity index (χ3v) is 1.17. The third kappa shape index (κ3) is 6.24. The van der Waals surface area contributed by atoms with Crippen LogP contribution in [0.5, 0.6) is 0 Å². The predicted octanol–water partition coefficient (Wildman–Crippen LogP) is 0.219. The van der Waals surface area contributed by atoms with E-state index in [1.807, 2.05) is 0 Å². The zero-order chi connectivity index (χ0) is 5.91. The molecule has 5 heteroatoms. The molecule has 0 aromatic carbocycles. The highest BCUT2D eigenvalue weighted by molar-refractivity contribution is 8.11. The SMILES string of the molecule is CC=NP(N)(N)=S. The van der Waals surface area contributed by atoms with E-state index >= 15 is 0 Å². The molecule has 0 saturated carbocycles. The van der Waals surface area contributed by atoms with Gasteiger partial charge in [-0.25, -0.2) is 4.76 Å². The summed E-state index contributed by atoms with van der Waals surface area (Å²) >= 11 is 4.55. The average molecular weight is 137 g/mol. The first kappa shape index (κ1) is 7.24. The Morgan fingerprint density at radius 2 is 2.14 bits per heavy atom. The molecule has 0 heterocycles. The van der Waals surface area contributed by atoms with E-state index in [0.29, 0.717) is 0 Å². The minimum absolute atomic E-state index is 1.53. The van der Waals surface area contributed by atoms with Crippen LogP contribution in [-0.2, 0) is 11.8 Å². The van der Waals surface area contributed by atoms with Gasteiger partial charge < -0.3 is 0 Å². The second kappa shape index (κ2) is 2.52. The second-order valence-electron chi connectivity index (χ2n) is 1.05. The van der Waals surface area contributed by atoms with Crippen molar-refractivity contribution in [1.29, 1.82) is 0 Å². The Morgan fingerprint density at radius 3 is 2.14 bits per heavy atom. The van der Waals surface area contributed by atoms with Gasteiger partial charge in [-0.1, -0.05) is 0 Å². The Morgan fingerprint density at radius 1 is 1.71 bits per heavy atom. The van der Waals surface area contributed by atoms with Crippen molar-refractivity contribution >= 4 is 24.5 Å². The van der Waals surface area contributed by atoms with E-state index in [9.17, 15) is 0 Å². The summed E-state index contributed by atoms with van der Waals surface area (Å²) in [5, 5.41) is 0. The summed E-state index contributed by atoms with van der Waals surface area (Å²) in [5.74, 6) is 0. The van der Waals surface area contributed by atoms with Gasteiger partial charge >= 0.3 is 0 Å². The molecule has 0 aromatic heterocycles. The van der Waals surface area contributed by atoms with Crippen molar-refractivity contribution in [3.8, 4) is 0 Å². The number of nitrogens with two attached hydrogens (primary N) is 2. The van der Waals surface area contributed by atoms with Crippen LogP contribution in [0.15, 0.2) is 4.76 Å². The lowest BCUT2D eigenvalue weighted by atomic mass is 10.9. The highest BCUT2D eigenvalue weighted by Crippen LogP contribution is 2.25. The number of nitrogens with zero attached hydrogens (tertiary/aromatic N) is 1. The van der Waals surface area contributed by atoms with E-state index < -0.39 is 6.49 Å². The number of hydrogen-bond acceptors (Lipinski definition) is 1. The molecular weight excluding hydrogens is 129 g/mol. The van der Waals surface area contributed by atoms with Gasteiger partial charge in [0.15, 0.2) is 6.49 Å². The Kier molecular flexibility index (Phi) is 2.61. The summed E-state index contributed by atoms with van der Waals surface area (Å²) in [6, 6.07) is 0. The topological polar surface area (TPSA) is 64.4 Å². The quantitative estimate of drug-likeness (QED) is 0.401. The minimum atomic E-state index is -2.26. The summed E-state index contributed by atoms with van der Waals surface area (Å²) in [6.45, 7) is -0.526. The molecule has 0 aliphatic heterocycles. The monoisotopic (exact) mass is 137 g/mol. The molecular formula is C2H8N3PS. The first-order valence-electron chi connectivity index (χ1n) is 1.73. The van der Waals surface area contributed by atoms with Crippen molar-refractivity contribution in [1.82, 2.24) is 0 Å².